The van der Waals surface area contributed by atoms with Gasteiger partial charge in [0.1, 0.15) is 10.8 Å². The van der Waals surface area contributed by atoms with E-state index in [4.69, 9.17) is 4.98 Å². The van der Waals surface area contributed by atoms with Crippen LogP contribution in [-0.2, 0) is 19.9 Å². The molecule has 2 N–H and O–H groups in total. The normalized spacial score (nSPS) is 13.6. The van der Waals surface area contributed by atoms with Crippen LogP contribution in [0.1, 0.15) is 39.3 Å². The molecule has 8 heteroatoms. The molecule has 6 rings (SSSR count). The Balaban J connectivity index is 1.42. The number of para-hydroxylation sites is 2. The summed E-state index contributed by atoms with van der Waals surface area (Å²) in [5.74, 6) is 0.649. The van der Waals surface area contributed by atoms with E-state index < -0.39 is 0 Å². The van der Waals surface area contributed by atoms with Crippen LogP contribution in [0.15, 0.2) is 36.5 Å². The number of anilines is 1. The van der Waals surface area contributed by atoms with Crippen molar-refractivity contribution in [3.05, 3.63) is 58.2 Å². The van der Waals surface area contributed by atoms with E-state index in [1.165, 1.54) is 16.9 Å². The first-order valence-corrected chi connectivity index (χ1v) is 11.6. The van der Waals surface area contributed by atoms with Crippen molar-refractivity contribution in [1.29, 1.82) is 0 Å². The Hall–Kier alpha value is -3.52. The number of imidazole rings is 1. The first kappa shape index (κ1) is 19.2. The van der Waals surface area contributed by atoms with Gasteiger partial charge in [0.2, 0.25) is 0 Å². The molecule has 1 aliphatic carbocycles. The number of rotatable bonds is 3. The Morgan fingerprint density at radius 1 is 1.22 bits per heavy atom. The largest absolute Gasteiger partial charge is 0.338 e. The van der Waals surface area contributed by atoms with E-state index in [0.29, 0.717) is 5.56 Å². The minimum Gasteiger partial charge on any atom is -0.338 e. The second kappa shape index (κ2) is 7.27. The van der Waals surface area contributed by atoms with Crippen molar-refractivity contribution in [3.8, 4) is 11.4 Å². The first-order valence-electron chi connectivity index (χ1n) is 10.8. The highest BCUT2D eigenvalue weighted by molar-refractivity contribution is 7.17. The lowest BCUT2D eigenvalue weighted by Crippen LogP contribution is -2.12. The molecule has 5 aromatic rings. The SMILES string of the molecule is Cc1nn(C)c2ncc(C(=O)Nc3sc4c(c3-c3nc5ccccc5[nH]3)CCCC4)cc12. The van der Waals surface area contributed by atoms with Gasteiger partial charge in [-0.15, -0.1) is 11.3 Å². The number of hydrogen-bond donors (Lipinski definition) is 2. The zero-order chi connectivity index (χ0) is 21.8. The third kappa shape index (κ3) is 3.02. The van der Waals surface area contributed by atoms with Gasteiger partial charge in [0.25, 0.3) is 5.91 Å². The molecule has 4 aromatic heterocycles. The van der Waals surface area contributed by atoms with Crippen molar-refractivity contribution in [2.45, 2.75) is 32.6 Å². The van der Waals surface area contributed by atoms with Crippen LogP contribution in [-0.4, -0.2) is 30.6 Å². The van der Waals surface area contributed by atoms with Crippen molar-refractivity contribution in [2.75, 3.05) is 5.32 Å². The van der Waals surface area contributed by atoms with Crippen LogP contribution in [0.2, 0.25) is 0 Å². The van der Waals surface area contributed by atoms with Gasteiger partial charge in [-0.2, -0.15) is 5.10 Å². The maximum atomic E-state index is 13.2. The predicted octanol–water partition coefficient (Wildman–Crippen LogP) is 5.01. The molecule has 4 heterocycles. The smallest absolute Gasteiger partial charge is 0.257 e. The van der Waals surface area contributed by atoms with Crippen molar-refractivity contribution in [1.82, 2.24) is 24.7 Å². The molecule has 160 valence electrons. The van der Waals surface area contributed by atoms with Gasteiger partial charge < -0.3 is 10.3 Å². The molecule has 0 spiro atoms. The molecule has 1 amide bonds. The average Bonchev–Trinajstić information content (AvgIpc) is 3.46. The van der Waals surface area contributed by atoms with Gasteiger partial charge >= 0.3 is 0 Å². The minimum atomic E-state index is -0.168. The van der Waals surface area contributed by atoms with E-state index in [9.17, 15) is 4.79 Å². The van der Waals surface area contributed by atoms with Gasteiger partial charge in [0.15, 0.2) is 5.65 Å². The summed E-state index contributed by atoms with van der Waals surface area (Å²) in [7, 11) is 1.86. The van der Waals surface area contributed by atoms with Crippen molar-refractivity contribution in [3.63, 3.8) is 0 Å². The predicted molar refractivity (Wildman–Crippen MR) is 127 cm³/mol. The molecule has 0 bridgehead atoms. The third-order valence-corrected chi connectivity index (χ3v) is 7.36. The quantitative estimate of drug-likeness (QED) is 0.411. The van der Waals surface area contributed by atoms with E-state index in [1.54, 1.807) is 22.2 Å². The highest BCUT2D eigenvalue weighted by atomic mass is 32.1. The van der Waals surface area contributed by atoms with Crippen molar-refractivity contribution in [2.24, 2.45) is 7.05 Å². The van der Waals surface area contributed by atoms with E-state index in [2.05, 4.69) is 20.4 Å². The van der Waals surface area contributed by atoms with E-state index in [1.807, 2.05) is 44.3 Å². The van der Waals surface area contributed by atoms with Gasteiger partial charge in [0.05, 0.1) is 27.9 Å². The molecule has 0 radical (unpaired) electrons. The number of H-pyrrole nitrogens is 1. The summed E-state index contributed by atoms with van der Waals surface area (Å²) in [5.41, 5.74) is 6.42. The highest BCUT2D eigenvalue weighted by Gasteiger charge is 2.25. The Labute approximate surface area is 188 Å². The van der Waals surface area contributed by atoms with Gasteiger partial charge in [-0.1, -0.05) is 12.1 Å². The van der Waals surface area contributed by atoms with Gasteiger partial charge in [-0.05, 0) is 56.4 Å². The van der Waals surface area contributed by atoms with Crippen molar-refractivity contribution < 1.29 is 4.79 Å². The molecule has 32 heavy (non-hydrogen) atoms. The second-order valence-electron chi connectivity index (χ2n) is 8.28. The molecule has 0 aliphatic heterocycles. The van der Waals surface area contributed by atoms with E-state index in [0.717, 1.165) is 63.4 Å². The first-order chi connectivity index (χ1) is 15.6. The number of hydrogen-bond acceptors (Lipinski definition) is 5. The monoisotopic (exact) mass is 442 g/mol. The number of pyridine rings is 1. The molecule has 0 saturated heterocycles. The maximum absolute atomic E-state index is 13.2. The van der Waals surface area contributed by atoms with Crippen LogP contribution >= 0.6 is 11.3 Å². The zero-order valence-corrected chi connectivity index (χ0v) is 18.7. The van der Waals surface area contributed by atoms with Crippen LogP contribution in [0, 0.1) is 6.92 Å². The van der Waals surface area contributed by atoms with Gasteiger partial charge in [0, 0.05) is 23.5 Å². The number of fused-ring (bicyclic) bond motifs is 3. The molecular weight excluding hydrogens is 420 g/mol. The van der Waals surface area contributed by atoms with E-state index >= 15 is 0 Å². The molecule has 1 aromatic carbocycles. The number of carbonyl (C=O) groups is 1. The molecule has 7 nitrogen and oxygen atoms in total. The van der Waals surface area contributed by atoms with Gasteiger partial charge in [-0.3, -0.25) is 9.48 Å². The summed E-state index contributed by atoms with van der Waals surface area (Å²) in [6, 6.07) is 9.89. The molecule has 0 unspecified atom stereocenters. The van der Waals surface area contributed by atoms with Crippen LogP contribution in [0.4, 0.5) is 5.00 Å². The fourth-order valence-corrected chi connectivity index (χ4v) is 5.87. The average molecular weight is 443 g/mol. The lowest BCUT2D eigenvalue weighted by atomic mass is 9.95. The molecule has 0 atom stereocenters. The number of benzene rings is 1. The molecule has 1 aliphatic rings. The fraction of sp³-hybridized carbons (Fsp3) is 0.250. The number of aromatic nitrogens is 5. The maximum Gasteiger partial charge on any atom is 0.257 e. The summed E-state index contributed by atoms with van der Waals surface area (Å²) in [6.07, 6.45) is 6.02. The zero-order valence-electron chi connectivity index (χ0n) is 17.9. The third-order valence-electron chi connectivity index (χ3n) is 6.15. The summed E-state index contributed by atoms with van der Waals surface area (Å²) >= 11 is 1.67. The number of carbonyl (C=O) groups excluding carboxylic acids is 1. The van der Waals surface area contributed by atoms with Gasteiger partial charge in [-0.25, -0.2) is 9.97 Å². The fourth-order valence-electron chi connectivity index (χ4n) is 4.58. The van der Waals surface area contributed by atoms with Crippen molar-refractivity contribution >= 4 is 44.3 Å². The number of amides is 1. The summed E-state index contributed by atoms with van der Waals surface area (Å²) in [6.45, 7) is 1.93. The lowest BCUT2D eigenvalue weighted by molar-refractivity contribution is 0.102. The molecule has 0 fully saturated rings. The summed E-state index contributed by atoms with van der Waals surface area (Å²) < 4.78 is 1.74. The number of nitrogens with zero attached hydrogens (tertiary/aromatic N) is 4. The standard InChI is InChI=1S/C24H22N6OS/c1-13-16-11-14(12-25-22(16)30(2)29-13)23(31)28-24-20(15-7-3-6-10-19(15)32-24)21-26-17-8-4-5-9-18(17)27-21/h4-5,8-9,11-12H,3,6-7,10H2,1-2H3,(H,26,27)(H,28,31). The van der Waals surface area contributed by atoms with Crippen LogP contribution in [0.25, 0.3) is 33.5 Å². The second-order valence-corrected chi connectivity index (χ2v) is 9.38. The molecular formula is C24H22N6OS. The van der Waals surface area contributed by atoms with E-state index in [-0.39, 0.29) is 5.91 Å². The topological polar surface area (TPSA) is 88.5 Å². The van der Waals surface area contributed by atoms with Crippen LogP contribution in [0.5, 0.6) is 0 Å². The Bertz CT molecular complexity index is 1480. The summed E-state index contributed by atoms with van der Waals surface area (Å²) in [4.78, 5) is 27.3. The Kier molecular flexibility index (Phi) is 4.36. The Morgan fingerprint density at radius 3 is 2.94 bits per heavy atom. The number of aryl methyl sites for hydroxylation is 3. The lowest BCUT2D eigenvalue weighted by Gasteiger charge is -2.12. The summed E-state index contributed by atoms with van der Waals surface area (Å²) in [5, 5.41) is 9.32. The van der Waals surface area contributed by atoms with Crippen LogP contribution < -0.4 is 5.32 Å². The molecule has 0 saturated carbocycles. The van der Waals surface area contributed by atoms with Crippen LogP contribution in [0.3, 0.4) is 0 Å². The minimum absolute atomic E-state index is 0.168. The number of thiophene rings is 1. The number of aromatic amines is 1. The number of nitrogens with one attached hydrogen (secondary N) is 2. The highest BCUT2D eigenvalue weighted by Crippen LogP contribution is 2.43. The Morgan fingerprint density at radius 2 is 2.06 bits per heavy atom.